The van der Waals surface area contributed by atoms with Crippen LogP contribution in [0.2, 0.25) is 0 Å². The molecule has 1 aliphatic carbocycles. The maximum absolute atomic E-state index is 13.5. The third-order valence-corrected chi connectivity index (χ3v) is 8.05. The quantitative estimate of drug-likeness (QED) is 0.0942. The zero-order chi connectivity index (χ0) is 33.5. The molecular weight excluding hydrogens is 584 g/mol. The fourth-order valence-corrected chi connectivity index (χ4v) is 5.75. The smallest absolute Gasteiger partial charge is 0.408 e. The van der Waals surface area contributed by atoms with E-state index in [4.69, 9.17) is 4.74 Å². The molecule has 1 unspecified atom stereocenters. The van der Waals surface area contributed by atoms with Gasteiger partial charge in [-0.3, -0.25) is 24.5 Å². The molecule has 13 heteroatoms. The van der Waals surface area contributed by atoms with Crippen LogP contribution in [0, 0.1) is 16.0 Å². The second kappa shape index (κ2) is 15.0. The Morgan fingerprint density at radius 1 is 1.11 bits per heavy atom. The van der Waals surface area contributed by atoms with Gasteiger partial charge in [0.1, 0.15) is 11.6 Å². The molecule has 0 aromatic heterocycles. The van der Waals surface area contributed by atoms with Crippen LogP contribution in [0.3, 0.4) is 0 Å². The van der Waals surface area contributed by atoms with Gasteiger partial charge in [0.05, 0.1) is 15.9 Å². The van der Waals surface area contributed by atoms with E-state index >= 15 is 0 Å². The van der Waals surface area contributed by atoms with Crippen molar-refractivity contribution in [3.63, 3.8) is 0 Å². The number of nitrogens with zero attached hydrogens (tertiary/aromatic N) is 3. The molecule has 2 aromatic rings. The number of nitro benzene ring substituents is 1. The molecule has 45 heavy (non-hydrogen) atoms. The van der Waals surface area contributed by atoms with E-state index in [-0.39, 0.29) is 33.7 Å². The van der Waals surface area contributed by atoms with Crippen LogP contribution < -0.4 is 5.32 Å². The number of fused-ring (bicyclic) bond motifs is 1. The topological polar surface area (TPSA) is 180 Å². The summed E-state index contributed by atoms with van der Waals surface area (Å²) in [4.78, 5) is 65.2. The van der Waals surface area contributed by atoms with E-state index in [0.29, 0.717) is 38.8 Å². The van der Waals surface area contributed by atoms with E-state index < -0.39 is 45.8 Å². The average Bonchev–Trinajstić information content (AvgIpc) is 2.98. The van der Waals surface area contributed by atoms with Gasteiger partial charge in [0, 0.05) is 32.2 Å². The average molecular weight is 629 g/mol. The molecule has 13 nitrogen and oxygen atoms in total. The predicted molar refractivity (Wildman–Crippen MR) is 168 cm³/mol. The Morgan fingerprint density at radius 2 is 1.76 bits per heavy atom. The summed E-state index contributed by atoms with van der Waals surface area (Å²) in [5.74, 6) is -2.28. The van der Waals surface area contributed by atoms with Crippen LogP contribution in [0.15, 0.2) is 18.2 Å². The van der Waals surface area contributed by atoms with E-state index in [1.165, 1.54) is 11.0 Å². The van der Waals surface area contributed by atoms with E-state index in [1.54, 1.807) is 39.6 Å². The normalized spacial score (nSPS) is 14.4. The standard InChI is InChI=1S/C32H44N4O9/c1-6-35(29(40)24-16-21-18-25(38)28(39)27(36(43)44)23(21)17-22(24)19-37)15-11-10-14-34(5)30(41)26(20-12-8-7-9-13-20)33-31(42)45-32(2,3)4/h16-20,26,38-39H,6-15H2,1-5H3,(H,33,42). The summed E-state index contributed by atoms with van der Waals surface area (Å²) in [5, 5.41) is 34.4. The van der Waals surface area contributed by atoms with Gasteiger partial charge in [0.15, 0.2) is 12.0 Å². The molecule has 246 valence electrons. The summed E-state index contributed by atoms with van der Waals surface area (Å²) in [6.45, 7) is 8.10. The van der Waals surface area contributed by atoms with Gasteiger partial charge in [-0.1, -0.05) is 19.3 Å². The van der Waals surface area contributed by atoms with Gasteiger partial charge in [-0.2, -0.15) is 0 Å². The molecule has 0 bridgehead atoms. The van der Waals surface area contributed by atoms with Crippen molar-refractivity contribution in [3.8, 4) is 11.5 Å². The van der Waals surface area contributed by atoms with Crippen molar-refractivity contribution in [1.29, 1.82) is 0 Å². The van der Waals surface area contributed by atoms with Crippen molar-refractivity contribution in [3.05, 3.63) is 39.4 Å². The lowest BCUT2D eigenvalue weighted by atomic mass is 9.83. The summed E-state index contributed by atoms with van der Waals surface area (Å²) < 4.78 is 5.42. The Balaban J connectivity index is 1.68. The number of hydrogen-bond acceptors (Lipinski definition) is 9. The number of carbonyl (C=O) groups excluding carboxylic acids is 4. The molecule has 3 amide bonds. The highest BCUT2D eigenvalue weighted by Gasteiger charge is 2.34. The van der Waals surface area contributed by atoms with Crippen LogP contribution in [0.5, 0.6) is 11.5 Å². The molecule has 0 radical (unpaired) electrons. The van der Waals surface area contributed by atoms with Crippen LogP contribution in [0.4, 0.5) is 10.5 Å². The van der Waals surface area contributed by atoms with Gasteiger partial charge in [0.2, 0.25) is 11.7 Å². The van der Waals surface area contributed by atoms with E-state index in [0.717, 1.165) is 44.2 Å². The maximum atomic E-state index is 13.5. The lowest BCUT2D eigenvalue weighted by molar-refractivity contribution is -0.384. The van der Waals surface area contributed by atoms with Gasteiger partial charge in [-0.15, -0.1) is 0 Å². The van der Waals surface area contributed by atoms with Crippen molar-refractivity contribution in [2.24, 2.45) is 5.92 Å². The van der Waals surface area contributed by atoms with Crippen LogP contribution in [0.25, 0.3) is 10.8 Å². The molecule has 3 N–H and O–H groups in total. The number of phenolic OH excluding ortho intramolecular Hbond substituents is 2. The highest BCUT2D eigenvalue weighted by Crippen LogP contribution is 2.42. The molecule has 0 saturated heterocycles. The largest absolute Gasteiger partial charge is 0.504 e. The fraction of sp³-hybridized carbons (Fsp3) is 0.562. The van der Waals surface area contributed by atoms with Gasteiger partial charge in [0.25, 0.3) is 5.91 Å². The molecule has 1 fully saturated rings. The minimum absolute atomic E-state index is 0.00887. The summed E-state index contributed by atoms with van der Waals surface area (Å²) in [6, 6.07) is 2.87. The molecule has 1 aliphatic rings. The number of nitrogens with one attached hydrogen (secondary N) is 1. The predicted octanol–water partition coefficient (Wildman–Crippen LogP) is 5.15. The van der Waals surface area contributed by atoms with Crippen LogP contribution in [0.1, 0.15) is 93.4 Å². The molecule has 1 saturated carbocycles. The number of aldehydes is 1. The number of hydrogen-bond donors (Lipinski definition) is 3. The molecule has 0 heterocycles. The zero-order valence-corrected chi connectivity index (χ0v) is 26.6. The summed E-state index contributed by atoms with van der Waals surface area (Å²) >= 11 is 0. The van der Waals surface area contributed by atoms with Gasteiger partial charge in [-0.25, -0.2) is 4.79 Å². The third kappa shape index (κ3) is 8.83. The molecular formula is C32H44N4O9. The molecule has 1 atom stereocenters. The summed E-state index contributed by atoms with van der Waals surface area (Å²) in [5.41, 5.74) is -1.53. The third-order valence-electron chi connectivity index (χ3n) is 8.05. The first-order chi connectivity index (χ1) is 21.2. The van der Waals surface area contributed by atoms with E-state index in [1.807, 2.05) is 0 Å². The Bertz CT molecular complexity index is 1430. The number of nitro groups is 1. The number of unbranched alkanes of at least 4 members (excludes halogenated alkanes) is 1. The molecule has 0 aliphatic heterocycles. The van der Waals surface area contributed by atoms with E-state index in [2.05, 4.69) is 5.32 Å². The molecule has 3 rings (SSSR count). The first-order valence-corrected chi connectivity index (χ1v) is 15.3. The minimum Gasteiger partial charge on any atom is -0.504 e. The van der Waals surface area contributed by atoms with Crippen molar-refractivity contribution in [2.75, 3.05) is 26.7 Å². The monoisotopic (exact) mass is 628 g/mol. The first-order valence-electron chi connectivity index (χ1n) is 15.3. The summed E-state index contributed by atoms with van der Waals surface area (Å²) in [6.07, 6.45) is 5.69. The SMILES string of the molecule is CCN(CCCCN(C)C(=O)C(NC(=O)OC(C)(C)C)C1CCCCC1)C(=O)c1cc2cc(O)c(O)c([N+](=O)[O-])c2cc1C=O. The number of aromatic hydroxyl groups is 2. The van der Waals surface area contributed by atoms with Crippen molar-refractivity contribution in [1.82, 2.24) is 15.1 Å². The number of rotatable bonds is 12. The summed E-state index contributed by atoms with van der Waals surface area (Å²) in [7, 11) is 1.69. The van der Waals surface area contributed by atoms with Gasteiger partial charge < -0.3 is 30.1 Å². The second-order valence-electron chi connectivity index (χ2n) is 12.5. The number of alkyl carbamates (subject to hydrolysis) is 1. The lowest BCUT2D eigenvalue weighted by Gasteiger charge is -2.33. The number of ether oxygens (including phenoxy) is 1. The first kappa shape index (κ1) is 35.1. The van der Waals surface area contributed by atoms with Gasteiger partial charge in [-0.05, 0) is 82.9 Å². The van der Waals surface area contributed by atoms with Crippen LogP contribution in [-0.4, -0.2) is 87.5 Å². The Labute approximate surface area is 262 Å². The maximum Gasteiger partial charge on any atom is 0.408 e. The second-order valence-corrected chi connectivity index (χ2v) is 12.5. The lowest BCUT2D eigenvalue weighted by Crippen LogP contribution is -2.52. The number of amides is 3. The van der Waals surface area contributed by atoms with Crippen molar-refractivity contribution < 1.29 is 39.1 Å². The van der Waals surface area contributed by atoms with Crippen molar-refractivity contribution in [2.45, 2.75) is 84.3 Å². The van der Waals surface area contributed by atoms with Crippen LogP contribution >= 0.6 is 0 Å². The van der Waals surface area contributed by atoms with E-state index in [9.17, 15) is 39.5 Å². The number of phenols is 2. The van der Waals surface area contributed by atoms with Crippen LogP contribution in [-0.2, 0) is 9.53 Å². The highest BCUT2D eigenvalue weighted by molar-refractivity contribution is 6.08. The van der Waals surface area contributed by atoms with Gasteiger partial charge >= 0.3 is 11.8 Å². The number of benzene rings is 2. The Hall–Kier alpha value is -4.42. The highest BCUT2D eigenvalue weighted by atomic mass is 16.6. The number of likely N-dealkylation sites (N-methyl/N-ethyl adjacent to an activating group) is 1. The Kier molecular flexibility index (Phi) is 11.7. The Morgan fingerprint density at radius 3 is 2.33 bits per heavy atom. The van der Waals surface area contributed by atoms with Crippen molar-refractivity contribution >= 4 is 40.7 Å². The fourth-order valence-electron chi connectivity index (χ4n) is 5.75. The molecule has 0 spiro atoms. The number of carbonyl (C=O) groups is 4. The minimum atomic E-state index is -0.923. The zero-order valence-electron chi connectivity index (χ0n) is 26.6. The molecule has 2 aromatic carbocycles.